The minimum absolute atomic E-state index is 0.509. The van der Waals surface area contributed by atoms with E-state index in [9.17, 15) is 0 Å². The summed E-state index contributed by atoms with van der Waals surface area (Å²) >= 11 is 0. The fourth-order valence-electron chi connectivity index (χ4n) is 1.27. The molecule has 0 aliphatic rings. The molecule has 1 aromatic rings. The quantitative estimate of drug-likeness (QED) is 0.643. The molecule has 0 bridgehead atoms. The van der Waals surface area contributed by atoms with E-state index in [0.717, 1.165) is 11.4 Å². The van der Waals surface area contributed by atoms with Crippen LogP contribution in [0.15, 0.2) is 28.2 Å². The molecule has 0 aliphatic heterocycles. The van der Waals surface area contributed by atoms with Gasteiger partial charge in [0.05, 0.1) is 11.4 Å². The van der Waals surface area contributed by atoms with Crippen molar-refractivity contribution in [3.05, 3.63) is 23.8 Å². The van der Waals surface area contributed by atoms with Crippen molar-refractivity contribution in [2.24, 2.45) is 9.98 Å². The highest BCUT2D eigenvalue weighted by atomic mass is 14.8. The molecule has 0 unspecified atom stereocenters. The van der Waals surface area contributed by atoms with Gasteiger partial charge in [-0.15, -0.1) is 0 Å². The molecular weight excluding hydrogens is 172 g/mol. The second-order valence-corrected chi connectivity index (χ2v) is 3.45. The minimum Gasteiger partial charge on any atom is -0.262 e. The Balaban J connectivity index is 3.17. The van der Waals surface area contributed by atoms with Gasteiger partial charge < -0.3 is 0 Å². The lowest BCUT2D eigenvalue weighted by molar-refractivity contribution is 0.867. The minimum atomic E-state index is 0.509. The van der Waals surface area contributed by atoms with Gasteiger partial charge in [-0.1, -0.05) is 19.9 Å². The summed E-state index contributed by atoms with van der Waals surface area (Å²) in [5.41, 5.74) is 3.00. The van der Waals surface area contributed by atoms with Crippen molar-refractivity contribution < 1.29 is 0 Å². The zero-order valence-electron chi connectivity index (χ0n) is 8.99. The Bertz CT molecular complexity index is 351. The van der Waals surface area contributed by atoms with Crippen LogP contribution in [0, 0.1) is 0 Å². The molecule has 0 aliphatic carbocycles. The van der Waals surface area contributed by atoms with Crippen molar-refractivity contribution >= 4 is 24.3 Å². The van der Waals surface area contributed by atoms with Crippen LogP contribution < -0.4 is 0 Å². The summed E-state index contributed by atoms with van der Waals surface area (Å²) in [6, 6.07) is 6.11. The molecule has 74 valence electrons. The summed E-state index contributed by atoms with van der Waals surface area (Å²) in [4.78, 5) is 8.19. The van der Waals surface area contributed by atoms with Crippen LogP contribution >= 0.6 is 0 Å². The van der Waals surface area contributed by atoms with Gasteiger partial charge in [-0.3, -0.25) is 9.98 Å². The predicted octanol–water partition coefficient (Wildman–Crippen LogP) is 3.86. The van der Waals surface area contributed by atoms with Gasteiger partial charge in [0.15, 0.2) is 0 Å². The van der Waals surface area contributed by atoms with Crippen LogP contribution in [-0.2, 0) is 0 Å². The Morgan fingerprint density at radius 1 is 1.29 bits per heavy atom. The molecule has 0 atom stereocenters. The summed E-state index contributed by atoms with van der Waals surface area (Å²) in [7, 11) is 0. The molecule has 0 saturated carbocycles. The summed E-state index contributed by atoms with van der Waals surface area (Å²) in [6.45, 7) is 9.76. The number of aliphatic imine (C=N–C) groups is 2. The predicted molar refractivity (Wildman–Crippen MR) is 63.6 cm³/mol. The van der Waals surface area contributed by atoms with Gasteiger partial charge in [0.2, 0.25) is 0 Å². The molecule has 2 nitrogen and oxygen atoms in total. The van der Waals surface area contributed by atoms with E-state index in [1.807, 2.05) is 19.1 Å². The average molecular weight is 188 g/mol. The first-order chi connectivity index (χ1) is 6.69. The molecule has 0 spiro atoms. The SMILES string of the molecule is C=Nc1cc(C(C)C)ccc1N=CC. The van der Waals surface area contributed by atoms with Crippen LogP contribution in [0.2, 0.25) is 0 Å². The summed E-state index contributed by atoms with van der Waals surface area (Å²) in [5, 5.41) is 0. The van der Waals surface area contributed by atoms with Crippen molar-refractivity contribution in [1.82, 2.24) is 0 Å². The Hall–Kier alpha value is -1.44. The summed E-state index contributed by atoms with van der Waals surface area (Å²) in [6.07, 6.45) is 1.76. The summed E-state index contributed by atoms with van der Waals surface area (Å²) < 4.78 is 0. The van der Waals surface area contributed by atoms with Crippen molar-refractivity contribution in [3.63, 3.8) is 0 Å². The molecule has 1 aromatic carbocycles. The van der Waals surface area contributed by atoms with Gasteiger partial charge in [0.25, 0.3) is 0 Å². The molecule has 0 saturated heterocycles. The van der Waals surface area contributed by atoms with Crippen molar-refractivity contribution in [2.75, 3.05) is 0 Å². The largest absolute Gasteiger partial charge is 0.262 e. The maximum atomic E-state index is 4.22. The molecule has 14 heavy (non-hydrogen) atoms. The van der Waals surface area contributed by atoms with Gasteiger partial charge in [0.1, 0.15) is 0 Å². The Labute approximate surface area is 85.4 Å². The first-order valence-corrected chi connectivity index (χ1v) is 4.78. The topological polar surface area (TPSA) is 24.7 Å². The maximum Gasteiger partial charge on any atom is 0.0881 e. The zero-order chi connectivity index (χ0) is 10.6. The van der Waals surface area contributed by atoms with Gasteiger partial charge in [-0.05, 0) is 37.3 Å². The lowest BCUT2D eigenvalue weighted by Crippen LogP contribution is -1.85. The molecule has 0 radical (unpaired) electrons. The highest BCUT2D eigenvalue weighted by Gasteiger charge is 2.03. The monoisotopic (exact) mass is 188 g/mol. The van der Waals surface area contributed by atoms with E-state index in [0.29, 0.717) is 5.92 Å². The molecular formula is C12H16N2. The second-order valence-electron chi connectivity index (χ2n) is 3.45. The van der Waals surface area contributed by atoms with E-state index in [4.69, 9.17) is 0 Å². The molecule has 2 heteroatoms. The Morgan fingerprint density at radius 3 is 2.50 bits per heavy atom. The third-order valence-corrected chi connectivity index (χ3v) is 2.10. The number of hydrogen-bond donors (Lipinski definition) is 0. The van der Waals surface area contributed by atoms with Crippen LogP contribution in [0.25, 0.3) is 0 Å². The van der Waals surface area contributed by atoms with Crippen LogP contribution in [-0.4, -0.2) is 12.9 Å². The molecule has 1 rings (SSSR count). The zero-order valence-corrected chi connectivity index (χ0v) is 8.99. The van der Waals surface area contributed by atoms with Gasteiger partial charge >= 0.3 is 0 Å². The maximum absolute atomic E-state index is 4.22. The molecule has 0 aromatic heterocycles. The van der Waals surface area contributed by atoms with E-state index in [1.54, 1.807) is 6.21 Å². The Kier molecular flexibility index (Phi) is 3.57. The first kappa shape index (κ1) is 10.6. The van der Waals surface area contributed by atoms with Crippen LogP contribution in [0.4, 0.5) is 11.4 Å². The normalized spacial score (nSPS) is 11.1. The fourth-order valence-corrected chi connectivity index (χ4v) is 1.27. The van der Waals surface area contributed by atoms with Gasteiger partial charge in [-0.25, -0.2) is 0 Å². The highest BCUT2D eigenvalue weighted by Crippen LogP contribution is 2.30. The smallest absolute Gasteiger partial charge is 0.0881 e. The third kappa shape index (κ3) is 2.28. The van der Waals surface area contributed by atoms with E-state index >= 15 is 0 Å². The average Bonchev–Trinajstić information content (AvgIpc) is 2.18. The summed E-state index contributed by atoms with van der Waals surface area (Å²) in [5.74, 6) is 0.509. The number of nitrogens with zero attached hydrogens (tertiary/aromatic N) is 2. The van der Waals surface area contributed by atoms with Crippen molar-refractivity contribution in [2.45, 2.75) is 26.7 Å². The third-order valence-electron chi connectivity index (χ3n) is 2.10. The van der Waals surface area contributed by atoms with Crippen molar-refractivity contribution in [3.8, 4) is 0 Å². The van der Waals surface area contributed by atoms with E-state index < -0.39 is 0 Å². The van der Waals surface area contributed by atoms with E-state index in [2.05, 4.69) is 36.6 Å². The van der Waals surface area contributed by atoms with E-state index in [-0.39, 0.29) is 0 Å². The Morgan fingerprint density at radius 2 is 2.00 bits per heavy atom. The molecule has 0 heterocycles. The van der Waals surface area contributed by atoms with Crippen LogP contribution in [0.5, 0.6) is 0 Å². The second kappa shape index (κ2) is 4.70. The van der Waals surface area contributed by atoms with Crippen LogP contribution in [0.3, 0.4) is 0 Å². The van der Waals surface area contributed by atoms with E-state index in [1.165, 1.54) is 5.56 Å². The van der Waals surface area contributed by atoms with Gasteiger partial charge in [0, 0.05) is 6.21 Å². The lowest BCUT2D eigenvalue weighted by Gasteiger charge is -2.07. The van der Waals surface area contributed by atoms with Crippen LogP contribution in [0.1, 0.15) is 32.3 Å². The lowest BCUT2D eigenvalue weighted by atomic mass is 10.0. The highest BCUT2D eigenvalue weighted by molar-refractivity contribution is 5.71. The van der Waals surface area contributed by atoms with Crippen molar-refractivity contribution in [1.29, 1.82) is 0 Å². The van der Waals surface area contributed by atoms with Gasteiger partial charge in [-0.2, -0.15) is 0 Å². The molecule has 0 fully saturated rings. The fraction of sp³-hybridized carbons (Fsp3) is 0.333. The molecule has 0 amide bonds. The number of hydrogen-bond acceptors (Lipinski definition) is 2. The molecule has 0 N–H and O–H groups in total. The first-order valence-electron chi connectivity index (χ1n) is 4.78. The number of rotatable bonds is 3. The number of benzene rings is 1. The standard InChI is InChI=1S/C12H16N2/c1-5-14-11-7-6-10(9(2)3)8-12(11)13-4/h5-9H,4H2,1-3H3.